The number of ether oxygens (including phenoxy) is 2. The molecule has 1 saturated carbocycles. The number of nitrogens with one attached hydrogen (secondary N) is 1. The van der Waals surface area contributed by atoms with E-state index < -0.39 is 0 Å². The van der Waals surface area contributed by atoms with E-state index in [4.69, 9.17) is 21.1 Å². The van der Waals surface area contributed by atoms with E-state index in [-0.39, 0.29) is 24.1 Å². The molecule has 19 heavy (non-hydrogen) atoms. The summed E-state index contributed by atoms with van der Waals surface area (Å²) >= 11 is 6.25. The Morgan fingerprint density at radius 3 is 2.84 bits per heavy atom. The van der Waals surface area contributed by atoms with Gasteiger partial charge in [0.15, 0.2) is 11.5 Å². The van der Waals surface area contributed by atoms with Crippen molar-refractivity contribution < 1.29 is 14.3 Å². The number of amides is 1. The Bertz CT molecular complexity index is 492. The van der Waals surface area contributed by atoms with Crippen LogP contribution in [-0.2, 0) is 0 Å². The van der Waals surface area contributed by atoms with E-state index in [1.807, 2.05) is 0 Å². The minimum absolute atomic E-state index is 0.0340. The number of hydrogen-bond acceptors (Lipinski definition) is 3. The van der Waals surface area contributed by atoms with Crippen LogP contribution in [0.5, 0.6) is 11.5 Å². The largest absolute Gasteiger partial charge is 0.454 e. The molecule has 102 valence electrons. The lowest BCUT2D eigenvalue weighted by Gasteiger charge is -2.27. The predicted molar refractivity (Wildman–Crippen MR) is 71.9 cm³/mol. The Labute approximate surface area is 117 Å². The van der Waals surface area contributed by atoms with Gasteiger partial charge in [-0.2, -0.15) is 0 Å². The predicted octanol–water partition coefficient (Wildman–Crippen LogP) is 2.70. The number of rotatable bonds is 2. The van der Waals surface area contributed by atoms with Crippen LogP contribution < -0.4 is 14.8 Å². The van der Waals surface area contributed by atoms with Crippen LogP contribution in [0.3, 0.4) is 0 Å². The van der Waals surface area contributed by atoms with Gasteiger partial charge in [0, 0.05) is 11.6 Å². The molecule has 5 heteroatoms. The maximum atomic E-state index is 12.2. The molecule has 1 heterocycles. The maximum Gasteiger partial charge on any atom is 0.251 e. The van der Waals surface area contributed by atoms with Crippen LogP contribution in [0.4, 0.5) is 0 Å². The molecular formula is C14H16ClNO3. The second kappa shape index (κ2) is 5.29. The van der Waals surface area contributed by atoms with Crippen molar-refractivity contribution in [2.75, 3.05) is 6.79 Å². The fourth-order valence-corrected chi connectivity index (χ4v) is 2.88. The summed E-state index contributed by atoms with van der Waals surface area (Å²) < 4.78 is 10.5. The molecule has 1 aromatic rings. The first-order valence-electron chi connectivity index (χ1n) is 6.58. The zero-order chi connectivity index (χ0) is 13.2. The summed E-state index contributed by atoms with van der Waals surface area (Å²) in [5.41, 5.74) is 0.582. The molecule has 2 atom stereocenters. The molecule has 1 fully saturated rings. The molecular weight excluding hydrogens is 266 g/mol. The minimum atomic E-state index is -0.101. The number of fused-ring (bicyclic) bond motifs is 1. The molecule has 0 saturated heterocycles. The molecule has 1 aliphatic carbocycles. The average Bonchev–Trinajstić information content (AvgIpc) is 2.88. The third kappa shape index (κ3) is 2.63. The highest BCUT2D eigenvalue weighted by atomic mass is 35.5. The van der Waals surface area contributed by atoms with Crippen molar-refractivity contribution in [1.29, 1.82) is 0 Å². The van der Waals surface area contributed by atoms with Gasteiger partial charge in [0.1, 0.15) is 0 Å². The Hall–Kier alpha value is -1.42. The van der Waals surface area contributed by atoms with Gasteiger partial charge in [-0.3, -0.25) is 4.79 Å². The Morgan fingerprint density at radius 1 is 1.21 bits per heavy atom. The van der Waals surface area contributed by atoms with Gasteiger partial charge in [0.2, 0.25) is 6.79 Å². The smallest absolute Gasteiger partial charge is 0.251 e. The average molecular weight is 282 g/mol. The topological polar surface area (TPSA) is 47.6 Å². The molecule has 1 N–H and O–H groups in total. The number of halogens is 1. The van der Waals surface area contributed by atoms with Gasteiger partial charge in [-0.15, -0.1) is 11.6 Å². The molecule has 0 spiro atoms. The van der Waals surface area contributed by atoms with Crippen molar-refractivity contribution in [3.05, 3.63) is 23.8 Å². The third-order valence-electron chi connectivity index (χ3n) is 3.63. The highest BCUT2D eigenvalue weighted by Gasteiger charge is 2.25. The van der Waals surface area contributed by atoms with E-state index in [0.29, 0.717) is 17.1 Å². The van der Waals surface area contributed by atoms with Crippen LogP contribution in [0, 0.1) is 0 Å². The van der Waals surface area contributed by atoms with Crippen molar-refractivity contribution >= 4 is 17.5 Å². The van der Waals surface area contributed by atoms with Crippen molar-refractivity contribution in [1.82, 2.24) is 5.32 Å². The van der Waals surface area contributed by atoms with Crippen LogP contribution in [-0.4, -0.2) is 24.1 Å². The summed E-state index contributed by atoms with van der Waals surface area (Å²) in [6.07, 6.45) is 4.18. The molecule has 1 aromatic carbocycles. The van der Waals surface area contributed by atoms with Crippen LogP contribution in [0.1, 0.15) is 36.0 Å². The van der Waals surface area contributed by atoms with Crippen LogP contribution in [0.15, 0.2) is 18.2 Å². The number of carbonyl (C=O) groups excluding carboxylic acids is 1. The first kappa shape index (κ1) is 12.6. The van der Waals surface area contributed by atoms with Gasteiger partial charge in [0.05, 0.1) is 5.38 Å². The molecule has 2 aliphatic rings. The van der Waals surface area contributed by atoms with E-state index in [2.05, 4.69) is 5.32 Å². The summed E-state index contributed by atoms with van der Waals surface area (Å²) in [5.74, 6) is 1.21. The van der Waals surface area contributed by atoms with Crippen molar-refractivity contribution in [3.8, 4) is 11.5 Å². The van der Waals surface area contributed by atoms with Crippen molar-refractivity contribution in [2.24, 2.45) is 0 Å². The van der Waals surface area contributed by atoms with E-state index in [1.165, 1.54) is 0 Å². The monoisotopic (exact) mass is 281 g/mol. The highest BCUT2D eigenvalue weighted by Crippen LogP contribution is 2.32. The number of alkyl halides is 1. The zero-order valence-electron chi connectivity index (χ0n) is 10.5. The van der Waals surface area contributed by atoms with Gasteiger partial charge in [-0.05, 0) is 31.0 Å². The van der Waals surface area contributed by atoms with Crippen LogP contribution >= 0.6 is 11.6 Å². The second-order valence-corrected chi connectivity index (χ2v) is 5.51. The molecule has 1 aliphatic heterocycles. The van der Waals surface area contributed by atoms with Crippen molar-refractivity contribution in [3.63, 3.8) is 0 Å². The van der Waals surface area contributed by atoms with Crippen molar-refractivity contribution in [2.45, 2.75) is 37.1 Å². The molecule has 4 nitrogen and oxygen atoms in total. The van der Waals surface area contributed by atoms with E-state index in [1.54, 1.807) is 18.2 Å². The summed E-state index contributed by atoms with van der Waals surface area (Å²) in [5, 5.41) is 3.04. The summed E-state index contributed by atoms with van der Waals surface area (Å²) in [7, 11) is 0. The SMILES string of the molecule is O=C(NC1CCCCC1Cl)c1ccc2c(c1)OCO2. The first-order valence-corrected chi connectivity index (χ1v) is 7.02. The molecule has 3 rings (SSSR count). The Kier molecular flexibility index (Phi) is 3.51. The molecule has 0 aromatic heterocycles. The Morgan fingerprint density at radius 2 is 2.00 bits per heavy atom. The normalized spacial score (nSPS) is 25.1. The van der Waals surface area contributed by atoms with E-state index >= 15 is 0 Å². The lowest BCUT2D eigenvalue weighted by atomic mass is 9.94. The fraction of sp³-hybridized carbons (Fsp3) is 0.500. The third-order valence-corrected chi connectivity index (χ3v) is 4.16. The number of benzene rings is 1. The number of carbonyl (C=O) groups is 1. The highest BCUT2D eigenvalue weighted by molar-refractivity contribution is 6.21. The standard InChI is InChI=1S/C14H16ClNO3/c15-10-3-1-2-4-11(10)16-14(17)9-5-6-12-13(7-9)19-8-18-12/h5-7,10-11H,1-4,8H2,(H,16,17). The summed E-state index contributed by atoms with van der Waals surface area (Å²) in [4.78, 5) is 12.2. The minimum Gasteiger partial charge on any atom is -0.454 e. The van der Waals surface area contributed by atoms with Gasteiger partial charge < -0.3 is 14.8 Å². The molecule has 0 radical (unpaired) electrons. The molecule has 2 unspecified atom stereocenters. The van der Waals surface area contributed by atoms with Gasteiger partial charge in [-0.1, -0.05) is 12.8 Å². The number of hydrogen-bond donors (Lipinski definition) is 1. The molecule has 0 bridgehead atoms. The van der Waals surface area contributed by atoms with Crippen LogP contribution in [0.25, 0.3) is 0 Å². The zero-order valence-corrected chi connectivity index (χ0v) is 11.3. The first-order chi connectivity index (χ1) is 9.24. The second-order valence-electron chi connectivity index (χ2n) is 4.95. The molecule has 1 amide bonds. The summed E-state index contributed by atoms with van der Waals surface area (Å²) in [6.45, 7) is 0.215. The maximum absolute atomic E-state index is 12.2. The summed E-state index contributed by atoms with van der Waals surface area (Å²) in [6, 6.07) is 5.28. The quantitative estimate of drug-likeness (QED) is 0.848. The van der Waals surface area contributed by atoms with Crippen LogP contribution in [0.2, 0.25) is 0 Å². The Balaban J connectivity index is 1.70. The lowest BCUT2D eigenvalue weighted by Crippen LogP contribution is -2.42. The lowest BCUT2D eigenvalue weighted by molar-refractivity contribution is 0.0928. The fourth-order valence-electron chi connectivity index (χ4n) is 2.54. The van der Waals surface area contributed by atoms with Gasteiger partial charge in [0.25, 0.3) is 5.91 Å². The van der Waals surface area contributed by atoms with Gasteiger partial charge in [-0.25, -0.2) is 0 Å². The van der Waals surface area contributed by atoms with E-state index in [9.17, 15) is 4.79 Å². The van der Waals surface area contributed by atoms with Gasteiger partial charge >= 0.3 is 0 Å². The van der Waals surface area contributed by atoms with E-state index in [0.717, 1.165) is 25.7 Å².